The minimum atomic E-state index is 0. The number of hydrogen-bond donors (Lipinski definition) is 1. The van der Waals surface area contributed by atoms with E-state index in [0.29, 0.717) is 12.1 Å². The fourth-order valence-corrected chi connectivity index (χ4v) is 1.80. The van der Waals surface area contributed by atoms with Crippen LogP contribution in [0.3, 0.4) is 0 Å². The van der Waals surface area contributed by atoms with Crippen LogP contribution in [0.5, 0.6) is 0 Å². The zero-order chi connectivity index (χ0) is 12.5. The van der Waals surface area contributed by atoms with Crippen LogP contribution in [0.4, 0.5) is 0 Å². The third-order valence-electron chi connectivity index (χ3n) is 2.91. The summed E-state index contributed by atoms with van der Waals surface area (Å²) in [5.41, 5.74) is 5.86. The van der Waals surface area contributed by atoms with Crippen molar-refractivity contribution < 1.29 is 9.47 Å². The van der Waals surface area contributed by atoms with Gasteiger partial charge in [0.15, 0.2) is 5.96 Å². The lowest BCUT2D eigenvalue weighted by Crippen LogP contribution is -2.37. The van der Waals surface area contributed by atoms with Gasteiger partial charge >= 0.3 is 0 Å². The van der Waals surface area contributed by atoms with Crippen LogP contribution in [-0.2, 0) is 9.47 Å². The maximum Gasteiger partial charge on any atom is 0.191 e. The highest BCUT2D eigenvalue weighted by Gasteiger charge is 2.15. The van der Waals surface area contributed by atoms with Crippen molar-refractivity contribution in [3.05, 3.63) is 0 Å². The van der Waals surface area contributed by atoms with Crippen molar-refractivity contribution in [3.63, 3.8) is 0 Å². The maximum atomic E-state index is 5.86. The molecule has 0 aromatic carbocycles. The van der Waals surface area contributed by atoms with Crippen LogP contribution in [0.2, 0.25) is 0 Å². The van der Waals surface area contributed by atoms with Gasteiger partial charge in [-0.2, -0.15) is 0 Å². The average molecular weight is 371 g/mol. The van der Waals surface area contributed by atoms with E-state index in [4.69, 9.17) is 15.2 Å². The number of nitrogens with two attached hydrogens (primary N) is 1. The summed E-state index contributed by atoms with van der Waals surface area (Å²) in [4.78, 5) is 6.39. The molecule has 0 amide bonds. The van der Waals surface area contributed by atoms with Crippen LogP contribution >= 0.6 is 24.0 Å². The van der Waals surface area contributed by atoms with Gasteiger partial charge in [-0.3, -0.25) is 4.99 Å². The van der Waals surface area contributed by atoms with Gasteiger partial charge in [-0.1, -0.05) is 0 Å². The Kier molecular flexibility index (Phi) is 10.8. The normalized spacial score (nSPS) is 19.7. The molecule has 0 aromatic rings. The molecule has 1 aliphatic heterocycles. The molecular formula is C12H26IN3O2. The summed E-state index contributed by atoms with van der Waals surface area (Å²) in [5, 5.41) is 0. The monoisotopic (exact) mass is 371 g/mol. The third kappa shape index (κ3) is 6.75. The Hall–Kier alpha value is -0.0800. The topological polar surface area (TPSA) is 60.1 Å². The predicted octanol–water partition coefficient (Wildman–Crippen LogP) is 1.46. The minimum absolute atomic E-state index is 0. The molecule has 0 radical (unpaired) electrons. The molecule has 1 aliphatic rings. The Morgan fingerprint density at radius 3 is 2.72 bits per heavy atom. The third-order valence-corrected chi connectivity index (χ3v) is 2.91. The number of aliphatic imine (C=N–C) groups is 1. The van der Waals surface area contributed by atoms with Crippen LogP contribution in [0.15, 0.2) is 4.99 Å². The van der Waals surface area contributed by atoms with Crippen molar-refractivity contribution in [2.24, 2.45) is 10.7 Å². The van der Waals surface area contributed by atoms with Crippen molar-refractivity contribution in [1.29, 1.82) is 0 Å². The second kappa shape index (κ2) is 10.8. The average Bonchev–Trinajstić information content (AvgIpc) is 2.83. The van der Waals surface area contributed by atoms with Crippen LogP contribution in [0.1, 0.15) is 26.7 Å². The van der Waals surface area contributed by atoms with Gasteiger partial charge in [0.25, 0.3) is 0 Å². The van der Waals surface area contributed by atoms with E-state index in [1.54, 1.807) is 0 Å². The highest BCUT2D eigenvalue weighted by molar-refractivity contribution is 14.0. The molecule has 0 spiro atoms. The first-order chi connectivity index (χ1) is 8.27. The lowest BCUT2D eigenvalue weighted by molar-refractivity contribution is 0.0424. The number of ether oxygens (including phenoxy) is 2. The number of halogens is 1. The molecule has 0 aliphatic carbocycles. The van der Waals surface area contributed by atoms with Gasteiger partial charge in [0.1, 0.15) is 0 Å². The maximum absolute atomic E-state index is 5.86. The van der Waals surface area contributed by atoms with E-state index in [9.17, 15) is 0 Å². The van der Waals surface area contributed by atoms with E-state index in [0.717, 1.165) is 52.3 Å². The second-order valence-corrected chi connectivity index (χ2v) is 4.12. The first-order valence-corrected chi connectivity index (χ1v) is 6.52. The molecule has 1 unspecified atom stereocenters. The van der Waals surface area contributed by atoms with Crippen LogP contribution in [-0.4, -0.2) is 56.4 Å². The van der Waals surface area contributed by atoms with Gasteiger partial charge in [0.2, 0.25) is 0 Å². The summed E-state index contributed by atoms with van der Waals surface area (Å²) < 4.78 is 10.9. The minimum Gasteiger partial charge on any atom is -0.379 e. The number of rotatable bonds is 7. The molecular weight excluding hydrogens is 345 g/mol. The summed E-state index contributed by atoms with van der Waals surface area (Å²) in [6.07, 6.45) is 2.22. The molecule has 0 saturated carbocycles. The van der Waals surface area contributed by atoms with Gasteiger partial charge in [-0.15, -0.1) is 24.0 Å². The number of guanidine groups is 1. The standard InChI is InChI=1S/C12H25N3O2.HI/c1-3-15(4-2)12(13)14-7-5-8-17-11-6-9-16-10-11;/h11H,3-10H2,1-2H3,(H2,13,14);1H. The van der Waals surface area contributed by atoms with Crippen molar-refractivity contribution in [2.75, 3.05) is 39.5 Å². The van der Waals surface area contributed by atoms with Crippen molar-refractivity contribution in [1.82, 2.24) is 4.90 Å². The summed E-state index contributed by atoms with van der Waals surface area (Å²) in [7, 11) is 0. The van der Waals surface area contributed by atoms with Gasteiger partial charge < -0.3 is 20.1 Å². The second-order valence-electron chi connectivity index (χ2n) is 4.12. The van der Waals surface area contributed by atoms with E-state index in [2.05, 4.69) is 18.8 Å². The van der Waals surface area contributed by atoms with Crippen LogP contribution in [0, 0.1) is 0 Å². The van der Waals surface area contributed by atoms with E-state index in [-0.39, 0.29) is 24.0 Å². The van der Waals surface area contributed by atoms with E-state index < -0.39 is 0 Å². The first-order valence-electron chi connectivity index (χ1n) is 6.52. The highest BCUT2D eigenvalue weighted by Crippen LogP contribution is 2.08. The quantitative estimate of drug-likeness (QED) is 0.319. The largest absolute Gasteiger partial charge is 0.379 e. The lowest BCUT2D eigenvalue weighted by atomic mass is 10.3. The molecule has 0 bridgehead atoms. The van der Waals surface area contributed by atoms with Crippen LogP contribution in [0.25, 0.3) is 0 Å². The number of hydrogen-bond acceptors (Lipinski definition) is 3. The Morgan fingerprint density at radius 2 is 2.17 bits per heavy atom. The van der Waals surface area contributed by atoms with E-state index in [1.165, 1.54) is 0 Å². The smallest absolute Gasteiger partial charge is 0.191 e. The molecule has 1 rings (SSSR count). The number of nitrogens with zero attached hydrogens (tertiary/aromatic N) is 2. The van der Waals surface area contributed by atoms with Crippen LogP contribution < -0.4 is 5.73 Å². The fourth-order valence-electron chi connectivity index (χ4n) is 1.80. The van der Waals surface area contributed by atoms with Gasteiger partial charge in [-0.25, -0.2) is 0 Å². The molecule has 1 heterocycles. The molecule has 108 valence electrons. The summed E-state index contributed by atoms with van der Waals surface area (Å²) >= 11 is 0. The van der Waals surface area contributed by atoms with Crippen molar-refractivity contribution >= 4 is 29.9 Å². The van der Waals surface area contributed by atoms with Gasteiger partial charge in [0, 0.05) is 32.8 Å². The molecule has 2 N–H and O–H groups in total. The molecule has 1 saturated heterocycles. The Bertz CT molecular complexity index is 229. The Morgan fingerprint density at radius 1 is 1.44 bits per heavy atom. The van der Waals surface area contributed by atoms with Crippen molar-refractivity contribution in [3.8, 4) is 0 Å². The SMILES string of the molecule is CCN(CC)C(N)=NCCCOC1CCOC1.I. The lowest BCUT2D eigenvalue weighted by Gasteiger charge is -2.19. The zero-order valence-corrected chi connectivity index (χ0v) is 13.8. The zero-order valence-electron chi connectivity index (χ0n) is 11.4. The Balaban J connectivity index is 0.00000289. The molecule has 18 heavy (non-hydrogen) atoms. The summed E-state index contributed by atoms with van der Waals surface area (Å²) in [5.74, 6) is 0.638. The fraction of sp³-hybridized carbons (Fsp3) is 0.917. The molecule has 5 nitrogen and oxygen atoms in total. The predicted molar refractivity (Wildman–Crippen MR) is 84.6 cm³/mol. The van der Waals surface area contributed by atoms with Gasteiger partial charge in [0.05, 0.1) is 12.7 Å². The first kappa shape index (κ1) is 17.9. The molecule has 0 aromatic heterocycles. The molecule has 1 fully saturated rings. The molecule has 6 heteroatoms. The summed E-state index contributed by atoms with van der Waals surface area (Å²) in [6.45, 7) is 9.01. The Labute approximate surface area is 127 Å². The highest BCUT2D eigenvalue weighted by atomic mass is 127. The van der Waals surface area contributed by atoms with Crippen molar-refractivity contribution in [2.45, 2.75) is 32.8 Å². The molecule has 1 atom stereocenters. The summed E-state index contributed by atoms with van der Waals surface area (Å²) in [6, 6.07) is 0. The van der Waals surface area contributed by atoms with Gasteiger partial charge in [-0.05, 0) is 26.7 Å². The van der Waals surface area contributed by atoms with E-state index >= 15 is 0 Å². The van der Waals surface area contributed by atoms with E-state index in [1.807, 2.05) is 4.90 Å².